The predicted octanol–water partition coefficient (Wildman–Crippen LogP) is 1.33. The number of hydrogen-bond donors (Lipinski definition) is 0. The van der Waals surface area contributed by atoms with Crippen LogP contribution in [0.3, 0.4) is 0 Å². The van der Waals surface area contributed by atoms with E-state index in [4.69, 9.17) is 4.74 Å². The highest BCUT2D eigenvalue weighted by Crippen LogP contribution is 2.31. The van der Waals surface area contributed by atoms with E-state index in [0.717, 1.165) is 6.54 Å². The van der Waals surface area contributed by atoms with Crippen molar-refractivity contribution in [1.82, 2.24) is 9.80 Å². The van der Waals surface area contributed by atoms with Gasteiger partial charge in [-0.3, -0.25) is 4.79 Å². The molecular formula is C13H22N2O3. The van der Waals surface area contributed by atoms with E-state index in [0.29, 0.717) is 31.3 Å². The number of piperidine rings is 1. The summed E-state index contributed by atoms with van der Waals surface area (Å²) in [7, 11) is 1.83. The standard InChI is InChI=1S/C13H22N2O3/c1-13(2,3)18-12(17)15-7-9-5-11(16)14(4)6-10(9)8-15/h9-10H,5-8H2,1-4H3/t9-,10-/m0/s1. The Morgan fingerprint density at radius 3 is 2.44 bits per heavy atom. The number of rotatable bonds is 0. The van der Waals surface area contributed by atoms with Crippen molar-refractivity contribution in [2.24, 2.45) is 11.8 Å². The molecule has 5 nitrogen and oxygen atoms in total. The molecule has 2 aliphatic rings. The fraction of sp³-hybridized carbons (Fsp3) is 0.846. The quantitative estimate of drug-likeness (QED) is 0.655. The number of amides is 2. The predicted molar refractivity (Wildman–Crippen MR) is 67.0 cm³/mol. The van der Waals surface area contributed by atoms with Gasteiger partial charge in [0.1, 0.15) is 5.60 Å². The molecule has 2 amide bonds. The molecule has 0 N–H and O–H groups in total. The van der Waals surface area contributed by atoms with Gasteiger partial charge in [-0.15, -0.1) is 0 Å². The summed E-state index contributed by atoms with van der Waals surface area (Å²) < 4.78 is 5.37. The first kappa shape index (κ1) is 13.2. The van der Waals surface area contributed by atoms with Crippen LogP contribution in [0.4, 0.5) is 4.79 Å². The molecule has 18 heavy (non-hydrogen) atoms. The van der Waals surface area contributed by atoms with Crippen LogP contribution < -0.4 is 0 Å². The van der Waals surface area contributed by atoms with Gasteiger partial charge in [-0.2, -0.15) is 0 Å². The van der Waals surface area contributed by atoms with Crippen molar-refractivity contribution in [3.8, 4) is 0 Å². The van der Waals surface area contributed by atoms with E-state index in [1.54, 1.807) is 9.80 Å². The summed E-state index contributed by atoms with van der Waals surface area (Å²) in [6.07, 6.45) is 0.299. The van der Waals surface area contributed by atoms with E-state index in [9.17, 15) is 9.59 Å². The molecule has 2 heterocycles. The zero-order chi connectivity index (χ0) is 13.5. The average molecular weight is 254 g/mol. The van der Waals surface area contributed by atoms with Crippen molar-refractivity contribution in [2.45, 2.75) is 32.8 Å². The molecule has 0 aromatic carbocycles. The summed E-state index contributed by atoms with van der Waals surface area (Å²) in [6.45, 7) is 7.71. The summed E-state index contributed by atoms with van der Waals surface area (Å²) in [6, 6.07) is 0. The van der Waals surface area contributed by atoms with E-state index in [1.807, 2.05) is 27.8 Å². The van der Waals surface area contributed by atoms with Gasteiger partial charge in [-0.25, -0.2) is 4.79 Å². The Kier molecular flexibility index (Phi) is 3.25. The molecule has 0 aromatic rings. The summed E-state index contributed by atoms with van der Waals surface area (Å²) >= 11 is 0. The molecule has 0 aliphatic carbocycles. The van der Waals surface area contributed by atoms with Gasteiger partial charge in [-0.1, -0.05) is 0 Å². The van der Waals surface area contributed by atoms with E-state index >= 15 is 0 Å². The van der Waals surface area contributed by atoms with E-state index in [2.05, 4.69) is 0 Å². The Labute approximate surface area is 108 Å². The lowest BCUT2D eigenvalue weighted by Gasteiger charge is -2.30. The minimum absolute atomic E-state index is 0.183. The van der Waals surface area contributed by atoms with Crippen molar-refractivity contribution >= 4 is 12.0 Å². The lowest BCUT2D eigenvalue weighted by Crippen LogP contribution is -2.41. The molecule has 2 atom stereocenters. The van der Waals surface area contributed by atoms with Gasteiger partial charge in [0, 0.05) is 33.1 Å². The molecule has 2 fully saturated rings. The molecule has 0 bridgehead atoms. The minimum atomic E-state index is -0.461. The highest BCUT2D eigenvalue weighted by atomic mass is 16.6. The number of likely N-dealkylation sites (tertiary alicyclic amines) is 2. The van der Waals surface area contributed by atoms with Crippen molar-refractivity contribution in [3.63, 3.8) is 0 Å². The lowest BCUT2D eigenvalue weighted by atomic mass is 9.88. The third-order valence-corrected chi connectivity index (χ3v) is 3.60. The first-order chi connectivity index (χ1) is 8.26. The minimum Gasteiger partial charge on any atom is -0.444 e. The van der Waals surface area contributed by atoms with Crippen LogP contribution in [-0.4, -0.2) is 54.1 Å². The molecule has 0 spiro atoms. The Morgan fingerprint density at radius 2 is 1.83 bits per heavy atom. The van der Waals surface area contributed by atoms with Crippen LogP contribution in [0.25, 0.3) is 0 Å². The van der Waals surface area contributed by atoms with Gasteiger partial charge in [-0.05, 0) is 32.6 Å². The summed E-state index contributed by atoms with van der Waals surface area (Å²) in [5, 5.41) is 0. The summed E-state index contributed by atoms with van der Waals surface area (Å²) in [5.41, 5.74) is -0.461. The molecule has 2 rings (SSSR count). The number of hydrogen-bond acceptors (Lipinski definition) is 3. The van der Waals surface area contributed by atoms with Gasteiger partial charge < -0.3 is 14.5 Å². The highest BCUT2D eigenvalue weighted by molar-refractivity contribution is 5.77. The Morgan fingerprint density at radius 1 is 1.22 bits per heavy atom. The van der Waals surface area contributed by atoms with E-state index in [-0.39, 0.29) is 12.0 Å². The maximum absolute atomic E-state index is 12.0. The Bertz CT molecular complexity index is 362. The first-order valence-corrected chi connectivity index (χ1v) is 6.48. The molecular weight excluding hydrogens is 232 g/mol. The maximum atomic E-state index is 12.0. The highest BCUT2D eigenvalue weighted by Gasteiger charge is 2.41. The van der Waals surface area contributed by atoms with Crippen LogP contribution in [0.2, 0.25) is 0 Å². The lowest BCUT2D eigenvalue weighted by molar-refractivity contribution is -0.134. The molecule has 2 saturated heterocycles. The number of nitrogens with zero attached hydrogens (tertiary/aromatic N) is 2. The molecule has 2 aliphatic heterocycles. The van der Waals surface area contributed by atoms with Crippen molar-refractivity contribution in [2.75, 3.05) is 26.7 Å². The van der Waals surface area contributed by atoms with Crippen LogP contribution in [0.5, 0.6) is 0 Å². The molecule has 0 aromatic heterocycles. The number of fused-ring (bicyclic) bond motifs is 1. The number of carbonyl (C=O) groups excluding carboxylic acids is 2. The van der Waals surface area contributed by atoms with E-state index < -0.39 is 5.60 Å². The second-order valence-electron chi connectivity index (χ2n) is 6.38. The largest absolute Gasteiger partial charge is 0.444 e. The smallest absolute Gasteiger partial charge is 0.410 e. The fourth-order valence-corrected chi connectivity index (χ4v) is 2.69. The third-order valence-electron chi connectivity index (χ3n) is 3.60. The van der Waals surface area contributed by atoms with Crippen LogP contribution >= 0.6 is 0 Å². The SMILES string of the molecule is CN1C[C@H]2CN(C(=O)OC(C)(C)C)C[C@@H]2CC1=O. The molecule has 102 valence electrons. The summed E-state index contributed by atoms with van der Waals surface area (Å²) in [4.78, 5) is 27.1. The third kappa shape index (κ3) is 2.76. The normalized spacial score (nSPS) is 28.3. The van der Waals surface area contributed by atoms with Crippen LogP contribution in [0.1, 0.15) is 27.2 Å². The molecule has 0 unspecified atom stereocenters. The second kappa shape index (κ2) is 4.44. The van der Waals surface area contributed by atoms with Crippen LogP contribution in [0.15, 0.2) is 0 Å². The van der Waals surface area contributed by atoms with Crippen molar-refractivity contribution in [1.29, 1.82) is 0 Å². The fourth-order valence-electron chi connectivity index (χ4n) is 2.69. The molecule has 0 saturated carbocycles. The maximum Gasteiger partial charge on any atom is 0.410 e. The average Bonchev–Trinajstić information content (AvgIpc) is 2.59. The molecule has 5 heteroatoms. The van der Waals surface area contributed by atoms with Gasteiger partial charge >= 0.3 is 6.09 Å². The molecule has 0 radical (unpaired) electrons. The first-order valence-electron chi connectivity index (χ1n) is 6.48. The topological polar surface area (TPSA) is 49.9 Å². The van der Waals surface area contributed by atoms with E-state index in [1.165, 1.54) is 0 Å². The van der Waals surface area contributed by atoms with Gasteiger partial charge in [0.15, 0.2) is 0 Å². The summed E-state index contributed by atoms with van der Waals surface area (Å²) in [5.74, 6) is 0.892. The van der Waals surface area contributed by atoms with Crippen LogP contribution in [0, 0.1) is 11.8 Å². The Balaban J connectivity index is 1.96. The zero-order valence-corrected chi connectivity index (χ0v) is 11.6. The number of carbonyl (C=O) groups is 2. The van der Waals surface area contributed by atoms with Crippen molar-refractivity contribution in [3.05, 3.63) is 0 Å². The van der Waals surface area contributed by atoms with Crippen LogP contribution in [-0.2, 0) is 9.53 Å². The Hall–Kier alpha value is -1.26. The van der Waals surface area contributed by atoms with Gasteiger partial charge in [0.2, 0.25) is 5.91 Å². The van der Waals surface area contributed by atoms with Gasteiger partial charge in [0.25, 0.3) is 0 Å². The second-order valence-corrected chi connectivity index (χ2v) is 6.38. The zero-order valence-electron chi connectivity index (χ0n) is 11.6. The van der Waals surface area contributed by atoms with Gasteiger partial charge in [0.05, 0.1) is 0 Å². The monoisotopic (exact) mass is 254 g/mol. The van der Waals surface area contributed by atoms with Crippen molar-refractivity contribution < 1.29 is 14.3 Å². The number of ether oxygens (including phenoxy) is 1.